The molecule has 1 rings (SSSR count). The minimum Gasteiger partial charge on any atom is -0.481 e. The first-order chi connectivity index (χ1) is 7.93. The van der Waals surface area contributed by atoms with Crippen LogP contribution in [0.3, 0.4) is 0 Å². The number of piperidine rings is 1. The van der Waals surface area contributed by atoms with Crippen molar-refractivity contribution in [2.75, 3.05) is 13.1 Å². The van der Waals surface area contributed by atoms with Crippen LogP contribution >= 0.6 is 0 Å². The Kier molecular flexibility index (Phi) is 4.51. The van der Waals surface area contributed by atoms with Gasteiger partial charge < -0.3 is 15.7 Å². The molecule has 1 atom stereocenters. The maximum Gasteiger partial charge on any atom is 0.309 e. The van der Waals surface area contributed by atoms with Crippen molar-refractivity contribution in [1.29, 1.82) is 0 Å². The first kappa shape index (κ1) is 14.0. The third kappa shape index (κ3) is 2.97. The quantitative estimate of drug-likeness (QED) is 0.764. The van der Waals surface area contributed by atoms with E-state index >= 15 is 0 Å². The van der Waals surface area contributed by atoms with E-state index in [0.717, 1.165) is 6.42 Å². The third-order valence-corrected chi connectivity index (χ3v) is 3.60. The summed E-state index contributed by atoms with van der Waals surface area (Å²) < 4.78 is 0. The Morgan fingerprint density at radius 2 is 1.94 bits per heavy atom. The summed E-state index contributed by atoms with van der Waals surface area (Å²) in [4.78, 5) is 24.7. The number of hydrogen-bond donors (Lipinski definition) is 2. The molecule has 0 unspecified atom stereocenters. The summed E-state index contributed by atoms with van der Waals surface area (Å²) in [7, 11) is 0. The number of hydrogen-bond acceptors (Lipinski definition) is 3. The Labute approximate surface area is 102 Å². The van der Waals surface area contributed by atoms with Gasteiger partial charge in [-0.15, -0.1) is 0 Å². The number of likely N-dealkylation sites (tertiary alicyclic amines) is 1. The first-order valence-electron chi connectivity index (χ1n) is 6.21. The highest BCUT2D eigenvalue weighted by atomic mass is 16.4. The molecular formula is C12H22N2O3. The lowest BCUT2D eigenvalue weighted by Crippen LogP contribution is -2.50. The van der Waals surface area contributed by atoms with Crippen LogP contribution in [0.5, 0.6) is 0 Å². The molecule has 1 aliphatic rings. The summed E-state index contributed by atoms with van der Waals surface area (Å²) in [5.74, 6) is -0.812. The molecule has 0 bridgehead atoms. The second-order valence-electron chi connectivity index (χ2n) is 4.95. The van der Waals surface area contributed by atoms with Crippen LogP contribution in [0.4, 0.5) is 0 Å². The molecule has 1 fully saturated rings. The molecule has 98 valence electrons. The van der Waals surface area contributed by atoms with Crippen molar-refractivity contribution < 1.29 is 14.7 Å². The van der Waals surface area contributed by atoms with Crippen LogP contribution in [0.2, 0.25) is 0 Å². The van der Waals surface area contributed by atoms with Gasteiger partial charge in [-0.1, -0.05) is 13.3 Å². The van der Waals surface area contributed by atoms with E-state index in [4.69, 9.17) is 5.73 Å². The lowest BCUT2D eigenvalue weighted by molar-refractivity contribution is -0.155. The van der Waals surface area contributed by atoms with E-state index in [-0.39, 0.29) is 5.91 Å². The van der Waals surface area contributed by atoms with Crippen molar-refractivity contribution in [3.63, 3.8) is 0 Å². The van der Waals surface area contributed by atoms with Crippen molar-refractivity contribution in [2.24, 2.45) is 11.1 Å². The Hall–Kier alpha value is -1.10. The topological polar surface area (TPSA) is 83.6 Å². The van der Waals surface area contributed by atoms with Gasteiger partial charge in [-0.2, -0.15) is 0 Å². The van der Waals surface area contributed by atoms with Gasteiger partial charge in [-0.3, -0.25) is 9.59 Å². The standard InChI is InChI=1S/C12H22N2O3/c1-3-4-12(11(16)17)5-7-14(8-6-12)10(15)9(2)13/h9H,3-8,13H2,1-2H3,(H,16,17)/t9-/m0/s1. The number of carbonyl (C=O) groups excluding carboxylic acids is 1. The van der Waals surface area contributed by atoms with Crippen LogP contribution in [0, 0.1) is 5.41 Å². The molecule has 0 spiro atoms. The molecule has 1 amide bonds. The predicted octanol–water partition coefficient (Wildman–Crippen LogP) is 0.827. The number of aliphatic carboxylic acids is 1. The van der Waals surface area contributed by atoms with Crippen molar-refractivity contribution in [1.82, 2.24) is 4.90 Å². The maximum atomic E-state index is 11.7. The largest absolute Gasteiger partial charge is 0.481 e. The fourth-order valence-electron chi connectivity index (χ4n) is 2.49. The average molecular weight is 242 g/mol. The second-order valence-corrected chi connectivity index (χ2v) is 4.95. The van der Waals surface area contributed by atoms with E-state index < -0.39 is 17.4 Å². The van der Waals surface area contributed by atoms with E-state index in [1.807, 2.05) is 6.92 Å². The molecule has 1 saturated heterocycles. The molecule has 0 aromatic carbocycles. The number of amides is 1. The SMILES string of the molecule is CCCC1(C(=O)O)CCN(C(=O)[C@H](C)N)CC1. The molecule has 0 aromatic rings. The molecule has 0 saturated carbocycles. The summed E-state index contributed by atoms with van der Waals surface area (Å²) in [6.45, 7) is 4.66. The van der Waals surface area contributed by atoms with E-state index in [1.165, 1.54) is 0 Å². The van der Waals surface area contributed by atoms with Gasteiger partial charge in [0.15, 0.2) is 0 Å². The van der Waals surface area contributed by atoms with Gasteiger partial charge in [0.1, 0.15) is 0 Å². The van der Waals surface area contributed by atoms with Crippen molar-refractivity contribution >= 4 is 11.9 Å². The first-order valence-corrected chi connectivity index (χ1v) is 6.21. The molecule has 3 N–H and O–H groups in total. The van der Waals surface area contributed by atoms with Gasteiger partial charge in [0.25, 0.3) is 0 Å². The molecule has 1 heterocycles. The highest BCUT2D eigenvalue weighted by Crippen LogP contribution is 2.36. The number of carboxylic acids is 1. The number of nitrogens with two attached hydrogens (primary N) is 1. The van der Waals surface area contributed by atoms with Crippen LogP contribution in [0.1, 0.15) is 39.5 Å². The molecule has 0 aliphatic carbocycles. The van der Waals surface area contributed by atoms with E-state index in [1.54, 1.807) is 11.8 Å². The zero-order valence-electron chi connectivity index (χ0n) is 10.6. The fourth-order valence-corrected chi connectivity index (χ4v) is 2.49. The van der Waals surface area contributed by atoms with Crippen LogP contribution in [-0.2, 0) is 9.59 Å². The summed E-state index contributed by atoms with van der Waals surface area (Å²) >= 11 is 0. The molecule has 5 nitrogen and oxygen atoms in total. The van der Waals surface area contributed by atoms with E-state index in [0.29, 0.717) is 32.4 Å². The Bertz CT molecular complexity index is 294. The molecule has 5 heteroatoms. The van der Waals surface area contributed by atoms with Crippen molar-refractivity contribution in [3.8, 4) is 0 Å². The Balaban J connectivity index is 2.65. The summed E-state index contributed by atoms with van der Waals surface area (Å²) in [6, 6.07) is -0.501. The minimum atomic E-state index is -0.729. The maximum absolute atomic E-state index is 11.7. The number of rotatable bonds is 4. The fraction of sp³-hybridized carbons (Fsp3) is 0.833. The van der Waals surface area contributed by atoms with Crippen LogP contribution in [-0.4, -0.2) is 41.0 Å². The minimum absolute atomic E-state index is 0.0829. The molecule has 17 heavy (non-hydrogen) atoms. The molecular weight excluding hydrogens is 220 g/mol. The van der Waals surface area contributed by atoms with E-state index in [2.05, 4.69) is 0 Å². The van der Waals surface area contributed by atoms with E-state index in [9.17, 15) is 14.7 Å². The predicted molar refractivity (Wildman–Crippen MR) is 64.4 cm³/mol. The van der Waals surface area contributed by atoms with Crippen molar-refractivity contribution in [2.45, 2.75) is 45.6 Å². The Morgan fingerprint density at radius 1 is 1.41 bits per heavy atom. The number of carboxylic acid groups (broad SMARTS) is 1. The van der Waals surface area contributed by atoms with Gasteiger partial charge in [0, 0.05) is 13.1 Å². The summed E-state index contributed by atoms with van der Waals surface area (Å²) in [6.07, 6.45) is 2.61. The van der Waals surface area contributed by atoms with Crippen LogP contribution in [0.15, 0.2) is 0 Å². The highest BCUT2D eigenvalue weighted by Gasteiger charge is 2.41. The lowest BCUT2D eigenvalue weighted by atomic mass is 9.75. The second kappa shape index (κ2) is 5.49. The monoisotopic (exact) mass is 242 g/mol. The van der Waals surface area contributed by atoms with Gasteiger partial charge in [0.2, 0.25) is 5.91 Å². The summed E-state index contributed by atoms with van der Waals surface area (Å²) in [5.41, 5.74) is 4.91. The number of carbonyl (C=O) groups is 2. The summed E-state index contributed by atoms with van der Waals surface area (Å²) in [5, 5.41) is 9.33. The van der Waals surface area contributed by atoms with Crippen LogP contribution in [0.25, 0.3) is 0 Å². The average Bonchev–Trinajstić information content (AvgIpc) is 2.29. The van der Waals surface area contributed by atoms with Gasteiger partial charge in [-0.05, 0) is 26.2 Å². The smallest absolute Gasteiger partial charge is 0.309 e. The zero-order valence-corrected chi connectivity index (χ0v) is 10.6. The number of nitrogens with zero attached hydrogens (tertiary/aromatic N) is 1. The zero-order chi connectivity index (χ0) is 13.1. The molecule has 0 radical (unpaired) electrons. The van der Waals surface area contributed by atoms with Crippen LogP contribution < -0.4 is 5.73 Å². The molecule has 1 aliphatic heterocycles. The third-order valence-electron chi connectivity index (χ3n) is 3.60. The van der Waals surface area contributed by atoms with Gasteiger partial charge in [-0.25, -0.2) is 0 Å². The van der Waals surface area contributed by atoms with Gasteiger partial charge >= 0.3 is 5.97 Å². The van der Waals surface area contributed by atoms with Crippen molar-refractivity contribution in [3.05, 3.63) is 0 Å². The molecule has 0 aromatic heterocycles. The lowest BCUT2D eigenvalue weighted by Gasteiger charge is -2.39. The highest BCUT2D eigenvalue weighted by molar-refractivity contribution is 5.82. The van der Waals surface area contributed by atoms with Gasteiger partial charge in [0.05, 0.1) is 11.5 Å². The Morgan fingerprint density at radius 3 is 2.29 bits per heavy atom. The normalized spacial score (nSPS) is 21.0.